The van der Waals surface area contributed by atoms with E-state index in [0.29, 0.717) is 18.5 Å². The fourth-order valence-corrected chi connectivity index (χ4v) is 2.44. The van der Waals surface area contributed by atoms with Crippen LogP contribution >= 0.6 is 0 Å². The van der Waals surface area contributed by atoms with Crippen molar-refractivity contribution >= 4 is 0 Å². The normalized spacial score (nSPS) is 24.9. The number of rotatable bonds is 3. The summed E-state index contributed by atoms with van der Waals surface area (Å²) in [7, 11) is 0. The molecule has 1 fully saturated rings. The van der Waals surface area contributed by atoms with E-state index < -0.39 is 11.6 Å². The van der Waals surface area contributed by atoms with Gasteiger partial charge >= 0.3 is 0 Å². The fourth-order valence-electron chi connectivity index (χ4n) is 2.44. The summed E-state index contributed by atoms with van der Waals surface area (Å²) in [5.41, 5.74) is 0.167. The SMILES string of the molecule is OCC1(Cc2ccc(F)cc2F)CCCNC1. The van der Waals surface area contributed by atoms with Gasteiger partial charge in [-0.1, -0.05) is 6.07 Å². The number of halogens is 2. The summed E-state index contributed by atoms with van der Waals surface area (Å²) in [5, 5.41) is 12.7. The Hall–Kier alpha value is -1.00. The Morgan fingerprint density at radius 3 is 2.76 bits per heavy atom. The van der Waals surface area contributed by atoms with Crippen LogP contribution in [0.5, 0.6) is 0 Å². The van der Waals surface area contributed by atoms with Gasteiger partial charge in [-0.15, -0.1) is 0 Å². The van der Waals surface area contributed by atoms with Crippen LogP contribution in [0.15, 0.2) is 18.2 Å². The fraction of sp³-hybridized carbons (Fsp3) is 0.538. The molecule has 0 amide bonds. The zero-order chi connectivity index (χ0) is 12.3. The lowest BCUT2D eigenvalue weighted by atomic mass is 9.76. The van der Waals surface area contributed by atoms with E-state index in [1.54, 1.807) is 0 Å². The van der Waals surface area contributed by atoms with Crippen LogP contribution in [0.25, 0.3) is 0 Å². The summed E-state index contributed by atoms with van der Waals surface area (Å²) in [6, 6.07) is 3.63. The smallest absolute Gasteiger partial charge is 0.129 e. The van der Waals surface area contributed by atoms with Crippen LogP contribution in [0, 0.1) is 17.0 Å². The summed E-state index contributed by atoms with van der Waals surface area (Å²) in [6.07, 6.45) is 2.29. The molecule has 0 spiro atoms. The molecule has 1 aromatic rings. The number of aliphatic hydroxyl groups excluding tert-OH is 1. The molecule has 0 aliphatic carbocycles. The molecule has 1 aliphatic rings. The molecule has 1 saturated heterocycles. The van der Waals surface area contributed by atoms with Gasteiger partial charge in [-0.2, -0.15) is 0 Å². The highest BCUT2D eigenvalue weighted by Crippen LogP contribution is 2.31. The number of nitrogens with one attached hydrogen (secondary N) is 1. The van der Waals surface area contributed by atoms with Crippen molar-refractivity contribution in [2.75, 3.05) is 19.7 Å². The number of piperidine rings is 1. The molecule has 2 rings (SSSR count). The van der Waals surface area contributed by atoms with Crippen LogP contribution in [0.1, 0.15) is 18.4 Å². The summed E-state index contributed by atoms with van der Waals surface area (Å²) >= 11 is 0. The molecule has 0 aromatic heterocycles. The average molecular weight is 241 g/mol. The third-order valence-electron chi connectivity index (χ3n) is 3.48. The first-order valence-corrected chi connectivity index (χ1v) is 5.91. The Bertz CT molecular complexity index is 389. The lowest BCUT2D eigenvalue weighted by molar-refractivity contribution is 0.0939. The van der Waals surface area contributed by atoms with E-state index >= 15 is 0 Å². The molecule has 0 saturated carbocycles. The van der Waals surface area contributed by atoms with Crippen LogP contribution in [0.2, 0.25) is 0 Å². The van der Waals surface area contributed by atoms with Crippen molar-refractivity contribution in [2.45, 2.75) is 19.3 Å². The number of hydrogen-bond donors (Lipinski definition) is 2. The Morgan fingerprint density at radius 2 is 2.18 bits per heavy atom. The zero-order valence-corrected chi connectivity index (χ0v) is 9.68. The Morgan fingerprint density at radius 1 is 1.35 bits per heavy atom. The van der Waals surface area contributed by atoms with E-state index in [2.05, 4.69) is 5.32 Å². The molecule has 2 N–H and O–H groups in total. The minimum absolute atomic E-state index is 0.0246. The highest BCUT2D eigenvalue weighted by molar-refractivity contribution is 5.20. The second-order valence-electron chi connectivity index (χ2n) is 4.85. The molecule has 0 bridgehead atoms. The molecule has 1 aromatic carbocycles. The number of aliphatic hydroxyl groups is 1. The predicted octanol–water partition coefficient (Wildman–Crippen LogP) is 1.87. The summed E-state index contributed by atoms with van der Waals surface area (Å²) in [4.78, 5) is 0. The minimum Gasteiger partial charge on any atom is -0.396 e. The molecular formula is C13H17F2NO. The van der Waals surface area contributed by atoms with Crippen LogP contribution in [-0.4, -0.2) is 24.8 Å². The maximum atomic E-state index is 13.6. The monoisotopic (exact) mass is 241 g/mol. The first-order valence-electron chi connectivity index (χ1n) is 5.91. The molecule has 4 heteroatoms. The van der Waals surface area contributed by atoms with Gasteiger partial charge in [0, 0.05) is 18.0 Å². The highest BCUT2D eigenvalue weighted by Gasteiger charge is 2.32. The maximum absolute atomic E-state index is 13.6. The standard InChI is InChI=1S/C13H17F2NO/c14-11-3-2-10(12(15)6-11)7-13(9-17)4-1-5-16-8-13/h2-3,6,16-17H,1,4-5,7-9H2. The molecular weight excluding hydrogens is 224 g/mol. The summed E-state index contributed by atoms with van der Waals surface area (Å²) in [6.45, 7) is 1.64. The van der Waals surface area contributed by atoms with Gasteiger partial charge in [-0.25, -0.2) is 8.78 Å². The van der Waals surface area contributed by atoms with Gasteiger partial charge in [0.25, 0.3) is 0 Å². The summed E-state index contributed by atoms with van der Waals surface area (Å²) in [5.74, 6) is -1.09. The van der Waals surface area contributed by atoms with E-state index in [9.17, 15) is 13.9 Å². The van der Waals surface area contributed by atoms with Crippen molar-refractivity contribution in [3.05, 3.63) is 35.4 Å². The van der Waals surface area contributed by atoms with Crippen molar-refractivity contribution < 1.29 is 13.9 Å². The van der Waals surface area contributed by atoms with Crippen molar-refractivity contribution in [2.24, 2.45) is 5.41 Å². The Kier molecular flexibility index (Phi) is 3.74. The molecule has 1 unspecified atom stereocenters. The van der Waals surface area contributed by atoms with Crippen molar-refractivity contribution in [3.8, 4) is 0 Å². The average Bonchev–Trinajstić information content (AvgIpc) is 2.34. The highest BCUT2D eigenvalue weighted by atomic mass is 19.1. The summed E-state index contributed by atoms with van der Waals surface area (Å²) < 4.78 is 26.4. The van der Waals surface area contributed by atoms with E-state index in [0.717, 1.165) is 25.5 Å². The molecule has 1 aliphatic heterocycles. The first kappa shape index (κ1) is 12.5. The van der Waals surface area contributed by atoms with Gasteiger partial charge in [0.1, 0.15) is 11.6 Å². The second-order valence-corrected chi connectivity index (χ2v) is 4.85. The second kappa shape index (κ2) is 5.10. The van der Waals surface area contributed by atoms with Gasteiger partial charge in [0.15, 0.2) is 0 Å². The van der Waals surface area contributed by atoms with Gasteiger partial charge in [0.2, 0.25) is 0 Å². The third kappa shape index (κ3) is 2.82. The van der Waals surface area contributed by atoms with Crippen molar-refractivity contribution in [1.82, 2.24) is 5.32 Å². The number of hydrogen-bond acceptors (Lipinski definition) is 2. The third-order valence-corrected chi connectivity index (χ3v) is 3.48. The first-order chi connectivity index (χ1) is 8.15. The van der Waals surface area contributed by atoms with Crippen LogP contribution < -0.4 is 5.32 Å². The van der Waals surface area contributed by atoms with Gasteiger partial charge < -0.3 is 10.4 Å². The predicted molar refractivity (Wildman–Crippen MR) is 61.7 cm³/mol. The Labute approximate surface area is 99.7 Å². The van der Waals surface area contributed by atoms with E-state index in [-0.39, 0.29) is 12.0 Å². The topological polar surface area (TPSA) is 32.3 Å². The van der Waals surface area contributed by atoms with Crippen LogP contribution in [0.3, 0.4) is 0 Å². The van der Waals surface area contributed by atoms with Gasteiger partial charge in [-0.3, -0.25) is 0 Å². The lowest BCUT2D eigenvalue weighted by Crippen LogP contribution is -2.44. The van der Waals surface area contributed by atoms with Crippen LogP contribution in [-0.2, 0) is 6.42 Å². The zero-order valence-electron chi connectivity index (χ0n) is 9.68. The Balaban J connectivity index is 2.17. The number of benzene rings is 1. The molecule has 1 heterocycles. The van der Waals surface area contributed by atoms with E-state index in [1.165, 1.54) is 12.1 Å². The van der Waals surface area contributed by atoms with Crippen molar-refractivity contribution in [1.29, 1.82) is 0 Å². The van der Waals surface area contributed by atoms with Gasteiger partial charge in [-0.05, 0) is 37.4 Å². The van der Waals surface area contributed by atoms with Crippen molar-refractivity contribution in [3.63, 3.8) is 0 Å². The van der Waals surface area contributed by atoms with Gasteiger partial charge in [0.05, 0.1) is 6.61 Å². The van der Waals surface area contributed by atoms with E-state index in [1.807, 2.05) is 0 Å². The minimum atomic E-state index is -0.564. The maximum Gasteiger partial charge on any atom is 0.129 e. The molecule has 1 atom stereocenters. The van der Waals surface area contributed by atoms with Crippen LogP contribution in [0.4, 0.5) is 8.78 Å². The van der Waals surface area contributed by atoms with E-state index in [4.69, 9.17) is 0 Å². The molecule has 94 valence electrons. The molecule has 17 heavy (non-hydrogen) atoms. The molecule has 0 radical (unpaired) electrons. The lowest BCUT2D eigenvalue weighted by Gasteiger charge is -2.36. The molecule has 2 nitrogen and oxygen atoms in total. The quantitative estimate of drug-likeness (QED) is 0.846. The largest absolute Gasteiger partial charge is 0.396 e.